The van der Waals surface area contributed by atoms with Crippen molar-refractivity contribution in [2.75, 3.05) is 38.4 Å². The minimum atomic E-state index is 0.283. The molecular weight excluding hydrogens is 961 g/mol. The van der Waals surface area contributed by atoms with Crippen LogP contribution in [-0.2, 0) is 0 Å². The van der Waals surface area contributed by atoms with Gasteiger partial charge in [-0.1, -0.05) is 101 Å². The van der Waals surface area contributed by atoms with Gasteiger partial charge in [-0.3, -0.25) is 0 Å². The van der Waals surface area contributed by atoms with Crippen LogP contribution in [0.3, 0.4) is 0 Å². The zero-order valence-corrected chi connectivity index (χ0v) is 44.7. The monoisotopic (exact) mass is 1040 g/mol. The predicted octanol–water partition coefficient (Wildman–Crippen LogP) is 15.1. The number of ether oxygens (including phenoxy) is 2. The third-order valence-electron chi connectivity index (χ3n) is 16.9. The number of alkyl halides is 1. The van der Waals surface area contributed by atoms with Crippen molar-refractivity contribution in [3.8, 4) is 23.0 Å². The lowest BCUT2D eigenvalue weighted by molar-refractivity contribution is 0.0705. The molecule has 0 amide bonds. The first-order valence-corrected chi connectivity index (χ1v) is 29.4. The number of rotatable bonds is 23. The Balaban J connectivity index is 0.000000178. The van der Waals surface area contributed by atoms with Crippen molar-refractivity contribution in [2.24, 2.45) is 47.3 Å². The maximum atomic E-state index is 9.71. The second kappa shape index (κ2) is 28.0. The van der Waals surface area contributed by atoms with Gasteiger partial charge in [0.1, 0.15) is 23.0 Å². The molecule has 0 heterocycles. The zero-order valence-electron chi connectivity index (χ0n) is 43.1. The van der Waals surface area contributed by atoms with Gasteiger partial charge in [0.15, 0.2) is 0 Å². The fourth-order valence-electron chi connectivity index (χ4n) is 14.0. The maximum Gasteiger partial charge on any atom is 0.119 e. The average molecular weight is 1050 g/mol. The first kappa shape index (κ1) is 54.2. The Kier molecular flexibility index (Phi) is 21.1. The van der Waals surface area contributed by atoms with E-state index in [-0.39, 0.29) is 13.2 Å². The van der Waals surface area contributed by atoms with Crippen LogP contribution in [0.1, 0.15) is 164 Å². The molecule has 4 aromatic rings. The Morgan fingerprint density at radius 1 is 0.361 bits per heavy atom. The number of hydrogen-bond acceptors (Lipinski definition) is 7. The van der Waals surface area contributed by atoms with Crippen molar-refractivity contribution in [1.82, 2.24) is 0 Å². The topological polar surface area (TPSA) is 120 Å². The van der Waals surface area contributed by atoms with Gasteiger partial charge in [-0.2, -0.15) is 0 Å². The summed E-state index contributed by atoms with van der Waals surface area (Å²) >= 11 is 3.34. The SMILES string of the molecule is OCCCCCCBr.OCCCCCCOc1ccc(C(=C2C3CC4CC(C3)CC2C4)c2ccc(OCCCCCCO)cc2)cc1.Oc1ccc(C(=C2C3CC4CC(C3)CC2C4)c2ccc(O)cc2)cc1. The average Bonchev–Trinajstić information content (AvgIpc) is 3.38. The predicted molar refractivity (Wildman–Crippen MR) is 297 cm³/mol. The molecule has 0 atom stereocenters. The van der Waals surface area contributed by atoms with Crippen molar-refractivity contribution >= 4 is 27.1 Å². The van der Waals surface area contributed by atoms with Crippen LogP contribution in [-0.4, -0.2) is 63.9 Å². The molecule has 0 spiro atoms. The highest BCUT2D eigenvalue weighted by Crippen LogP contribution is 2.60. The first-order chi connectivity index (χ1) is 35.3. The fraction of sp³-hybridized carbons (Fsp3) is 0.562. The Morgan fingerprint density at radius 3 is 0.931 bits per heavy atom. The molecule has 12 rings (SSSR count). The lowest BCUT2D eigenvalue weighted by Crippen LogP contribution is -2.40. The molecule has 8 heteroatoms. The summed E-state index contributed by atoms with van der Waals surface area (Å²) in [6, 6.07) is 32.9. The lowest BCUT2D eigenvalue weighted by Gasteiger charge is -2.52. The van der Waals surface area contributed by atoms with E-state index < -0.39 is 0 Å². The van der Waals surface area contributed by atoms with Gasteiger partial charge in [-0.15, -0.1) is 0 Å². The largest absolute Gasteiger partial charge is 0.508 e. The first-order valence-electron chi connectivity index (χ1n) is 28.3. The molecule has 7 nitrogen and oxygen atoms in total. The van der Waals surface area contributed by atoms with E-state index in [9.17, 15) is 10.2 Å². The summed E-state index contributed by atoms with van der Waals surface area (Å²) in [7, 11) is 0. The van der Waals surface area contributed by atoms with Crippen molar-refractivity contribution in [1.29, 1.82) is 0 Å². The number of benzene rings is 4. The number of phenolic OH excluding ortho intramolecular Hbond substituents is 2. The van der Waals surface area contributed by atoms with Crippen LogP contribution < -0.4 is 9.47 Å². The summed E-state index contributed by atoms with van der Waals surface area (Å²) < 4.78 is 12.1. The van der Waals surface area contributed by atoms with E-state index in [1.54, 1.807) is 35.4 Å². The van der Waals surface area contributed by atoms with Gasteiger partial charge in [0.05, 0.1) is 13.2 Å². The molecule has 0 unspecified atom stereocenters. The molecule has 0 aromatic heterocycles. The highest BCUT2D eigenvalue weighted by molar-refractivity contribution is 9.09. The molecule has 0 radical (unpaired) electrons. The minimum absolute atomic E-state index is 0.283. The van der Waals surface area contributed by atoms with Crippen molar-refractivity contribution in [3.63, 3.8) is 0 Å². The van der Waals surface area contributed by atoms with Crippen LogP contribution in [0, 0.1) is 47.3 Å². The van der Waals surface area contributed by atoms with Crippen molar-refractivity contribution in [3.05, 3.63) is 130 Å². The molecule has 5 N–H and O–H groups in total. The Morgan fingerprint density at radius 2 is 0.639 bits per heavy atom. The zero-order chi connectivity index (χ0) is 50.1. The third kappa shape index (κ3) is 14.8. The summed E-state index contributed by atoms with van der Waals surface area (Å²) in [4.78, 5) is 0. The molecule has 390 valence electrons. The van der Waals surface area contributed by atoms with Crippen LogP contribution in [0.5, 0.6) is 23.0 Å². The maximum absolute atomic E-state index is 9.71. The summed E-state index contributed by atoms with van der Waals surface area (Å²) in [6.07, 6.45) is 26.6. The number of allylic oxidation sites excluding steroid dienone is 2. The van der Waals surface area contributed by atoms with E-state index in [0.717, 1.165) is 123 Å². The standard InChI is InChI=1S/C35H48O4.C23H24O2.C6H13BrO/c36-17-5-1-3-7-19-38-32-13-9-28(10-14-32)34(35-30-22-26-21-27(24-30)25-31(35)23-26)29-11-15-33(16-12-29)39-20-8-4-2-6-18-37;24-20-5-1-16(2-6-20)22(17-3-7-21(25)8-4-17)23-18-10-14-9-15(12-18)13-19(23)11-14;7-5-3-1-2-4-6-8/h9-16,26-27,30-31,36-37H,1-8,17-25H2;1-8,14-15,18-19,24-25H,9-13H2;8H,1-6H2. The molecule has 0 aliphatic heterocycles. The van der Waals surface area contributed by atoms with E-state index in [4.69, 9.17) is 24.8 Å². The Hall–Kier alpha value is -4.08. The number of unbranched alkanes of at least 4 members (excludes halogenated alkanes) is 9. The van der Waals surface area contributed by atoms with E-state index in [0.29, 0.717) is 29.9 Å². The quantitative estimate of drug-likeness (QED) is 0.0371. The molecule has 72 heavy (non-hydrogen) atoms. The van der Waals surface area contributed by atoms with Crippen molar-refractivity contribution < 1.29 is 35.0 Å². The van der Waals surface area contributed by atoms with Crippen LogP contribution >= 0.6 is 15.9 Å². The second-order valence-corrected chi connectivity index (χ2v) is 23.0. The molecule has 8 aliphatic carbocycles. The lowest BCUT2D eigenvalue weighted by atomic mass is 9.53. The molecular formula is C64H85BrO7. The van der Waals surface area contributed by atoms with Crippen LogP contribution in [0.2, 0.25) is 0 Å². The van der Waals surface area contributed by atoms with Gasteiger partial charge < -0.3 is 35.0 Å². The van der Waals surface area contributed by atoms with Crippen LogP contribution in [0.15, 0.2) is 108 Å². The van der Waals surface area contributed by atoms with Gasteiger partial charge in [0.25, 0.3) is 0 Å². The Bertz CT molecular complexity index is 2110. The number of phenols is 2. The van der Waals surface area contributed by atoms with Gasteiger partial charge in [-0.05, 0) is 245 Å². The number of aliphatic hydroxyl groups excluding tert-OH is 3. The number of aliphatic hydroxyl groups is 3. The highest BCUT2D eigenvalue weighted by Gasteiger charge is 2.47. The summed E-state index contributed by atoms with van der Waals surface area (Å²) in [5, 5.41) is 46.8. The second-order valence-electron chi connectivity index (χ2n) is 22.2. The summed E-state index contributed by atoms with van der Waals surface area (Å²) in [5.74, 6) is 9.17. The fourth-order valence-corrected chi connectivity index (χ4v) is 14.4. The van der Waals surface area contributed by atoms with E-state index in [2.05, 4.69) is 64.5 Å². The van der Waals surface area contributed by atoms with Crippen LogP contribution in [0.4, 0.5) is 0 Å². The van der Waals surface area contributed by atoms with E-state index >= 15 is 0 Å². The van der Waals surface area contributed by atoms with Gasteiger partial charge >= 0.3 is 0 Å². The van der Waals surface area contributed by atoms with Crippen LogP contribution in [0.25, 0.3) is 11.1 Å². The number of aromatic hydroxyl groups is 2. The molecule has 8 fully saturated rings. The number of hydrogen-bond donors (Lipinski definition) is 5. The van der Waals surface area contributed by atoms with Gasteiger partial charge in [0.2, 0.25) is 0 Å². The van der Waals surface area contributed by atoms with E-state index in [1.807, 2.05) is 24.3 Å². The highest BCUT2D eigenvalue weighted by atomic mass is 79.9. The smallest absolute Gasteiger partial charge is 0.119 e. The summed E-state index contributed by atoms with van der Waals surface area (Å²) in [5.41, 5.74) is 11.2. The Labute approximate surface area is 440 Å². The van der Waals surface area contributed by atoms with E-state index in [1.165, 1.54) is 117 Å². The number of halogens is 1. The molecule has 8 aliphatic rings. The molecule has 8 bridgehead atoms. The van der Waals surface area contributed by atoms with Gasteiger partial charge in [-0.25, -0.2) is 0 Å². The normalized spacial score (nSPS) is 24.1. The molecule has 8 saturated carbocycles. The molecule has 4 aromatic carbocycles. The minimum Gasteiger partial charge on any atom is -0.508 e. The molecule has 0 saturated heterocycles. The summed E-state index contributed by atoms with van der Waals surface area (Å²) in [6.45, 7) is 2.38. The van der Waals surface area contributed by atoms with Crippen molar-refractivity contribution in [2.45, 2.75) is 141 Å². The third-order valence-corrected chi connectivity index (χ3v) is 17.5. The van der Waals surface area contributed by atoms with Gasteiger partial charge in [0, 0.05) is 25.2 Å².